The summed E-state index contributed by atoms with van der Waals surface area (Å²) < 4.78 is 0.893. The number of aryl methyl sites for hydroxylation is 1. The maximum atomic E-state index is 12.3. The van der Waals surface area contributed by atoms with Crippen LogP contribution in [0.3, 0.4) is 0 Å². The van der Waals surface area contributed by atoms with Crippen molar-refractivity contribution in [2.45, 2.75) is 33.2 Å². The van der Waals surface area contributed by atoms with Gasteiger partial charge < -0.3 is 10.6 Å². The third kappa shape index (κ3) is 4.93. The van der Waals surface area contributed by atoms with Crippen LogP contribution in [0, 0.1) is 6.92 Å². The van der Waals surface area contributed by atoms with E-state index in [1.165, 1.54) is 0 Å². The molecule has 24 heavy (non-hydrogen) atoms. The molecule has 2 rings (SSSR count). The summed E-state index contributed by atoms with van der Waals surface area (Å²) in [5.74, 6) is -0.328. The highest BCUT2D eigenvalue weighted by molar-refractivity contribution is 9.10. The second-order valence-corrected chi connectivity index (χ2v) is 7.55. The summed E-state index contributed by atoms with van der Waals surface area (Å²) in [7, 11) is 0. The number of hydrogen-bond donors (Lipinski definition) is 2. The highest BCUT2D eigenvalue weighted by Gasteiger charge is 2.15. The lowest BCUT2D eigenvalue weighted by atomic mass is 10.1. The SMILES string of the molecule is Cc1ccc(C(=O)Nc2ccc(C(=O)NC(C)(C)C)cc2)cc1Br. The molecular weight excluding hydrogens is 368 g/mol. The monoisotopic (exact) mass is 388 g/mol. The number of carbonyl (C=O) groups is 2. The van der Waals surface area contributed by atoms with Crippen LogP contribution in [0.25, 0.3) is 0 Å². The van der Waals surface area contributed by atoms with E-state index in [2.05, 4.69) is 26.6 Å². The largest absolute Gasteiger partial charge is 0.347 e. The second-order valence-electron chi connectivity index (χ2n) is 6.70. The first-order valence-electron chi connectivity index (χ1n) is 7.66. The first-order valence-corrected chi connectivity index (χ1v) is 8.45. The van der Waals surface area contributed by atoms with E-state index in [9.17, 15) is 9.59 Å². The molecular formula is C19H21BrN2O2. The number of benzene rings is 2. The van der Waals surface area contributed by atoms with Crippen molar-refractivity contribution in [3.8, 4) is 0 Å². The number of anilines is 1. The van der Waals surface area contributed by atoms with Crippen LogP contribution in [-0.4, -0.2) is 17.4 Å². The number of nitrogens with one attached hydrogen (secondary N) is 2. The van der Waals surface area contributed by atoms with Crippen LogP contribution < -0.4 is 10.6 Å². The quantitative estimate of drug-likeness (QED) is 0.810. The van der Waals surface area contributed by atoms with Crippen LogP contribution in [0.2, 0.25) is 0 Å². The molecule has 0 bridgehead atoms. The summed E-state index contributed by atoms with van der Waals surface area (Å²) in [6.45, 7) is 7.75. The molecule has 0 heterocycles. The number of amides is 2. The van der Waals surface area contributed by atoms with Crippen molar-refractivity contribution in [2.75, 3.05) is 5.32 Å². The Morgan fingerprint density at radius 1 is 0.917 bits per heavy atom. The van der Waals surface area contributed by atoms with E-state index < -0.39 is 0 Å². The van der Waals surface area contributed by atoms with Gasteiger partial charge in [-0.1, -0.05) is 22.0 Å². The highest BCUT2D eigenvalue weighted by atomic mass is 79.9. The fraction of sp³-hybridized carbons (Fsp3) is 0.263. The Morgan fingerprint density at radius 2 is 1.50 bits per heavy atom. The van der Waals surface area contributed by atoms with E-state index in [0.717, 1.165) is 10.0 Å². The Hall–Kier alpha value is -2.14. The van der Waals surface area contributed by atoms with Crippen molar-refractivity contribution in [3.05, 3.63) is 63.6 Å². The predicted molar refractivity (Wildman–Crippen MR) is 100 cm³/mol. The molecule has 2 N–H and O–H groups in total. The maximum Gasteiger partial charge on any atom is 0.255 e. The van der Waals surface area contributed by atoms with Crippen molar-refractivity contribution in [2.24, 2.45) is 0 Å². The Labute approximate surface area is 150 Å². The van der Waals surface area contributed by atoms with Crippen LogP contribution >= 0.6 is 15.9 Å². The normalized spacial score (nSPS) is 11.0. The topological polar surface area (TPSA) is 58.2 Å². The van der Waals surface area contributed by atoms with Gasteiger partial charge in [-0.15, -0.1) is 0 Å². The number of rotatable bonds is 3. The van der Waals surface area contributed by atoms with Crippen molar-refractivity contribution >= 4 is 33.4 Å². The molecule has 0 aliphatic carbocycles. The number of carbonyl (C=O) groups excluding carboxylic acids is 2. The summed E-state index contributed by atoms with van der Waals surface area (Å²) in [5.41, 5.74) is 2.55. The van der Waals surface area contributed by atoms with E-state index in [0.29, 0.717) is 16.8 Å². The minimum atomic E-state index is -0.289. The molecule has 0 saturated heterocycles. The lowest BCUT2D eigenvalue weighted by molar-refractivity contribution is 0.0919. The van der Waals surface area contributed by atoms with E-state index in [4.69, 9.17) is 0 Å². The average molecular weight is 389 g/mol. The zero-order valence-corrected chi connectivity index (χ0v) is 15.8. The van der Waals surface area contributed by atoms with E-state index >= 15 is 0 Å². The fourth-order valence-electron chi connectivity index (χ4n) is 2.06. The smallest absolute Gasteiger partial charge is 0.255 e. The van der Waals surface area contributed by atoms with Crippen LogP contribution in [0.4, 0.5) is 5.69 Å². The van der Waals surface area contributed by atoms with Crippen LogP contribution in [0.15, 0.2) is 46.9 Å². The number of hydrogen-bond acceptors (Lipinski definition) is 2. The molecule has 0 radical (unpaired) electrons. The van der Waals surface area contributed by atoms with E-state index in [-0.39, 0.29) is 17.4 Å². The fourth-order valence-corrected chi connectivity index (χ4v) is 2.43. The Bertz CT molecular complexity index is 762. The van der Waals surface area contributed by atoms with Gasteiger partial charge in [0.1, 0.15) is 0 Å². The van der Waals surface area contributed by atoms with Crippen molar-refractivity contribution in [1.82, 2.24) is 5.32 Å². The molecule has 0 saturated carbocycles. The van der Waals surface area contributed by atoms with Gasteiger partial charge in [-0.2, -0.15) is 0 Å². The van der Waals surface area contributed by atoms with Gasteiger partial charge in [0, 0.05) is 26.8 Å². The molecule has 5 heteroatoms. The zero-order chi connectivity index (χ0) is 17.9. The molecule has 0 spiro atoms. The predicted octanol–water partition coefficient (Wildman–Crippen LogP) is 4.54. The molecule has 0 aliphatic rings. The van der Waals surface area contributed by atoms with E-state index in [1.54, 1.807) is 36.4 Å². The molecule has 0 aromatic heterocycles. The van der Waals surface area contributed by atoms with Gasteiger partial charge in [0.15, 0.2) is 0 Å². The van der Waals surface area contributed by atoms with Gasteiger partial charge in [0.05, 0.1) is 0 Å². The summed E-state index contributed by atoms with van der Waals surface area (Å²) in [6.07, 6.45) is 0. The Balaban J connectivity index is 2.07. The first-order chi connectivity index (χ1) is 11.2. The lowest BCUT2D eigenvalue weighted by Crippen LogP contribution is -2.40. The molecule has 0 fully saturated rings. The third-order valence-corrected chi connectivity index (χ3v) is 4.18. The molecule has 0 aliphatic heterocycles. The highest BCUT2D eigenvalue weighted by Crippen LogP contribution is 2.19. The molecule has 126 valence electrons. The van der Waals surface area contributed by atoms with Gasteiger partial charge in [-0.25, -0.2) is 0 Å². The van der Waals surface area contributed by atoms with Gasteiger partial charge in [0.2, 0.25) is 0 Å². The lowest BCUT2D eigenvalue weighted by Gasteiger charge is -2.20. The molecule has 2 aromatic carbocycles. The van der Waals surface area contributed by atoms with Crippen LogP contribution in [0.5, 0.6) is 0 Å². The van der Waals surface area contributed by atoms with Crippen LogP contribution in [-0.2, 0) is 0 Å². The van der Waals surface area contributed by atoms with Crippen molar-refractivity contribution in [3.63, 3.8) is 0 Å². The van der Waals surface area contributed by atoms with Gasteiger partial charge >= 0.3 is 0 Å². The summed E-state index contributed by atoms with van der Waals surface area (Å²) in [5, 5.41) is 5.73. The molecule has 0 atom stereocenters. The molecule has 0 unspecified atom stereocenters. The average Bonchev–Trinajstić information content (AvgIpc) is 2.49. The van der Waals surface area contributed by atoms with Crippen LogP contribution in [0.1, 0.15) is 47.1 Å². The van der Waals surface area contributed by atoms with Crippen molar-refractivity contribution < 1.29 is 9.59 Å². The van der Waals surface area contributed by atoms with E-state index in [1.807, 2.05) is 33.8 Å². The Morgan fingerprint density at radius 3 is 2.04 bits per heavy atom. The third-order valence-electron chi connectivity index (χ3n) is 3.33. The zero-order valence-electron chi connectivity index (χ0n) is 14.2. The van der Waals surface area contributed by atoms with Crippen molar-refractivity contribution in [1.29, 1.82) is 0 Å². The minimum absolute atomic E-state index is 0.136. The number of halogens is 1. The maximum absolute atomic E-state index is 12.3. The summed E-state index contributed by atoms with van der Waals surface area (Å²) >= 11 is 3.42. The minimum Gasteiger partial charge on any atom is -0.347 e. The molecule has 2 aromatic rings. The Kier molecular flexibility index (Phi) is 5.44. The van der Waals surface area contributed by atoms with Gasteiger partial charge in [-0.3, -0.25) is 9.59 Å². The molecule has 2 amide bonds. The first kappa shape index (κ1) is 18.2. The standard InChI is InChI=1S/C19H21BrN2O2/c1-12-5-6-14(11-16(12)20)17(23)21-15-9-7-13(8-10-15)18(24)22-19(2,3)4/h5-11H,1-4H3,(H,21,23)(H,22,24). The summed E-state index contributed by atoms with van der Waals surface area (Å²) in [6, 6.07) is 12.3. The molecule has 4 nitrogen and oxygen atoms in total. The summed E-state index contributed by atoms with van der Waals surface area (Å²) in [4.78, 5) is 24.4. The second kappa shape index (κ2) is 7.18. The van der Waals surface area contributed by atoms with Gasteiger partial charge in [0.25, 0.3) is 11.8 Å². The van der Waals surface area contributed by atoms with Gasteiger partial charge in [-0.05, 0) is 69.7 Å².